The molecule has 1 N–H and O–H groups in total. The highest BCUT2D eigenvalue weighted by Crippen LogP contribution is 2.17. The molecule has 82 valence electrons. The van der Waals surface area contributed by atoms with Crippen molar-refractivity contribution >= 4 is 28.0 Å². The van der Waals surface area contributed by atoms with Gasteiger partial charge in [-0.2, -0.15) is 0 Å². The quantitative estimate of drug-likeness (QED) is 0.645. The van der Waals surface area contributed by atoms with E-state index in [1.807, 2.05) is 24.3 Å². The van der Waals surface area contributed by atoms with Gasteiger partial charge in [-0.05, 0) is 30.3 Å². The van der Waals surface area contributed by atoms with E-state index in [-0.39, 0.29) is 5.56 Å². The Morgan fingerprint density at radius 1 is 0.882 bits per heavy atom. The molecule has 0 amide bonds. The minimum absolute atomic E-state index is 0.224. The fraction of sp³-hybridized carbons (Fsp3) is 0. The van der Waals surface area contributed by atoms with Gasteiger partial charge in [-0.15, -0.1) is 0 Å². The van der Waals surface area contributed by atoms with Crippen molar-refractivity contribution in [3.8, 4) is 0 Å². The minimum atomic E-state index is -0.957. The number of hydrogen-bond acceptors (Lipinski definition) is 3. The Morgan fingerprint density at radius 3 is 2.12 bits per heavy atom. The second kappa shape index (κ2) is 3.52. The minimum Gasteiger partial charge on any atom is -0.478 e. The first-order valence-electron chi connectivity index (χ1n) is 5.14. The molecule has 0 atom stereocenters. The molecule has 0 fully saturated rings. The third-order valence-electron chi connectivity index (χ3n) is 2.59. The van der Waals surface area contributed by atoms with Gasteiger partial charge in [0.05, 0.1) is 27.6 Å². The maximum absolute atomic E-state index is 10.9. The first-order valence-corrected chi connectivity index (χ1v) is 5.14. The zero-order valence-electron chi connectivity index (χ0n) is 8.79. The molecule has 0 saturated heterocycles. The van der Waals surface area contributed by atoms with E-state index in [1.165, 1.54) is 12.1 Å². The summed E-state index contributed by atoms with van der Waals surface area (Å²) in [4.78, 5) is 19.7. The number of carboxylic acids is 1. The highest BCUT2D eigenvalue weighted by molar-refractivity contribution is 5.94. The summed E-state index contributed by atoms with van der Waals surface area (Å²) in [7, 11) is 0. The van der Waals surface area contributed by atoms with Gasteiger partial charge in [-0.3, -0.25) is 0 Å². The molecule has 4 nitrogen and oxygen atoms in total. The molecule has 0 radical (unpaired) electrons. The Morgan fingerprint density at radius 2 is 1.47 bits per heavy atom. The Kier molecular flexibility index (Phi) is 2.01. The fourth-order valence-electron chi connectivity index (χ4n) is 1.75. The SMILES string of the molecule is O=C(O)c1ccc2nc3ccccc3nc2c1. The Bertz CT molecular complexity index is 738. The van der Waals surface area contributed by atoms with E-state index < -0.39 is 5.97 Å². The maximum Gasteiger partial charge on any atom is 0.335 e. The summed E-state index contributed by atoms with van der Waals surface area (Å²) in [5.41, 5.74) is 3.10. The molecule has 0 saturated carbocycles. The molecular formula is C13H8N2O2. The van der Waals surface area contributed by atoms with Gasteiger partial charge in [0, 0.05) is 0 Å². The third kappa shape index (κ3) is 1.59. The number of benzene rings is 2. The molecule has 4 heteroatoms. The average Bonchev–Trinajstić information content (AvgIpc) is 2.35. The summed E-state index contributed by atoms with van der Waals surface area (Å²) < 4.78 is 0. The first-order chi connectivity index (χ1) is 8.24. The van der Waals surface area contributed by atoms with E-state index in [2.05, 4.69) is 9.97 Å². The fourth-order valence-corrected chi connectivity index (χ4v) is 1.75. The van der Waals surface area contributed by atoms with E-state index in [1.54, 1.807) is 6.07 Å². The van der Waals surface area contributed by atoms with Crippen molar-refractivity contribution in [2.45, 2.75) is 0 Å². The zero-order chi connectivity index (χ0) is 11.8. The molecule has 17 heavy (non-hydrogen) atoms. The van der Waals surface area contributed by atoms with Gasteiger partial charge in [0.25, 0.3) is 0 Å². The molecule has 0 bridgehead atoms. The van der Waals surface area contributed by atoms with E-state index in [0.29, 0.717) is 11.0 Å². The number of rotatable bonds is 1. The van der Waals surface area contributed by atoms with Gasteiger partial charge in [0.2, 0.25) is 0 Å². The average molecular weight is 224 g/mol. The second-order valence-electron chi connectivity index (χ2n) is 3.72. The lowest BCUT2D eigenvalue weighted by Crippen LogP contribution is -1.96. The number of hydrogen-bond donors (Lipinski definition) is 1. The van der Waals surface area contributed by atoms with Gasteiger partial charge < -0.3 is 5.11 Å². The highest BCUT2D eigenvalue weighted by Gasteiger charge is 2.06. The molecule has 0 aliphatic carbocycles. The normalized spacial score (nSPS) is 10.8. The Hall–Kier alpha value is -2.49. The van der Waals surface area contributed by atoms with Gasteiger partial charge >= 0.3 is 5.97 Å². The van der Waals surface area contributed by atoms with Crippen LogP contribution in [0.3, 0.4) is 0 Å². The standard InChI is InChI=1S/C13H8N2O2/c16-13(17)8-5-6-11-12(7-8)15-10-4-2-1-3-9(10)14-11/h1-7H,(H,16,17). The molecule has 3 rings (SSSR count). The smallest absolute Gasteiger partial charge is 0.335 e. The van der Waals surface area contributed by atoms with Gasteiger partial charge in [-0.25, -0.2) is 14.8 Å². The van der Waals surface area contributed by atoms with Crippen molar-refractivity contribution in [3.05, 3.63) is 48.0 Å². The molecule has 0 aliphatic rings. The lowest BCUT2D eigenvalue weighted by molar-refractivity contribution is 0.0697. The lowest BCUT2D eigenvalue weighted by atomic mass is 10.2. The summed E-state index contributed by atoms with van der Waals surface area (Å²) in [6, 6.07) is 12.3. The number of carboxylic acid groups (broad SMARTS) is 1. The van der Waals surface area contributed by atoms with Crippen LogP contribution < -0.4 is 0 Å². The van der Waals surface area contributed by atoms with E-state index >= 15 is 0 Å². The Labute approximate surface area is 96.6 Å². The van der Waals surface area contributed by atoms with E-state index in [0.717, 1.165) is 11.0 Å². The van der Waals surface area contributed by atoms with Gasteiger partial charge in [-0.1, -0.05) is 12.1 Å². The molecule has 0 spiro atoms. The van der Waals surface area contributed by atoms with Crippen LogP contribution >= 0.6 is 0 Å². The number of aromatic nitrogens is 2. The second-order valence-corrected chi connectivity index (χ2v) is 3.72. The third-order valence-corrected chi connectivity index (χ3v) is 2.59. The van der Waals surface area contributed by atoms with Crippen LogP contribution in [-0.2, 0) is 0 Å². The largest absolute Gasteiger partial charge is 0.478 e. The van der Waals surface area contributed by atoms with Crippen molar-refractivity contribution in [1.82, 2.24) is 9.97 Å². The van der Waals surface area contributed by atoms with Crippen LogP contribution in [0.25, 0.3) is 22.1 Å². The molecule has 0 unspecified atom stereocenters. The van der Waals surface area contributed by atoms with Crippen LogP contribution in [0.4, 0.5) is 0 Å². The molecular weight excluding hydrogens is 216 g/mol. The van der Waals surface area contributed by atoms with Crippen LogP contribution in [0.15, 0.2) is 42.5 Å². The van der Waals surface area contributed by atoms with Crippen LogP contribution in [0.1, 0.15) is 10.4 Å². The molecule has 1 aromatic heterocycles. The predicted octanol–water partition coefficient (Wildman–Crippen LogP) is 2.48. The van der Waals surface area contributed by atoms with E-state index in [9.17, 15) is 4.79 Å². The summed E-state index contributed by atoms with van der Waals surface area (Å²) in [6.45, 7) is 0. The summed E-state index contributed by atoms with van der Waals surface area (Å²) in [5, 5.41) is 8.91. The first kappa shape index (κ1) is 9.72. The van der Waals surface area contributed by atoms with Gasteiger partial charge in [0.1, 0.15) is 0 Å². The van der Waals surface area contributed by atoms with Crippen LogP contribution in [0, 0.1) is 0 Å². The van der Waals surface area contributed by atoms with Crippen LogP contribution in [0.2, 0.25) is 0 Å². The lowest BCUT2D eigenvalue weighted by Gasteiger charge is -2.01. The maximum atomic E-state index is 10.9. The topological polar surface area (TPSA) is 63.1 Å². The summed E-state index contributed by atoms with van der Waals surface area (Å²) >= 11 is 0. The van der Waals surface area contributed by atoms with E-state index in [4.69, 9.17) is 5.11 Å². The van der Waals surface area contributed by atoms with Crippen molar-refractivity contribution in [1.29, 1.82) is 0 Å². The number of para-hydroxylation sites is 2. The van der Waals surface area contributed by atoms with Gasteiger partial charge in [0.15, 0.2) is 0 Å². The summed E-state index contributed by atoms with van der Waals surface area (Å²) in [5.74, 6) is -0.957. The van der Waals surface area contributed by atoms with Crippen molar-refractivity contribution in [3.63, 3.8) is 0 Å². The van der Waals surface area contributed by atoms with Crippen molar-refractivity contribution in [2.75, 3.05) is 0 Å². The number of aromatic carboxylic acids is 1. The van der Waals surface area contributed by atoms with Crippen LogP contribution in [0.5, 0.6) is 0 Å². The molecule has 1 heterocycles. The van der Waals surface area contributed by atoms with Crippen molar-refractivity contribution < 1.29 is 9.90 Å². The van der Waals surface area contributed by atoms with Crippen LogP contribution in [-0.4, -0.2) is 21.0 Å². The number of nitrogens with zero attached hydrogens (tertiary/aromatic N) is 2. The number of carbonyl (C=O) groups is 1. The monoisotopic (exact) mass is 224 g/mol. The highest BCUT2D eigenvalue weighted by atomic mass is 16.4. The van der Waals surface area contributed by atoms with Crippen molar-refractivity contribution in [2.24, 2.45) is 0 Å². The Balaban J connectivity index is 2.36. The zero-order valence-corrected chi connectivity index (χ0v) is 8.79. The molecule has 0 aliphatic heterocycles. The molecule has 2 aromatic carbocycles. The summed E-state index contributed by atoms with van der Waals surface area (Å²) in [6.07, 6.45) is 0. The molecule has 3 aromatic rings. The predicted molar refractivity (Wildman–Crippen MR) is 64.0 cm³/mol. The number of fused-ring (bicyclic) bond motifs is 2.